The van der Waals surface area contributed by atoms with Gasteiger partial charge in [0, 0.05) is 19.3 Å². The van der Waals surface area contributed by atoms with Gasteiger partial charge in [-0.05, 0) is 37.5 Å². The smallest absolute Gasteiger partial charge is 0.339 e. The van der Waals surface area contributed by atoms with Crippen LogP contribution in [0.4, 0.5) is 17.5 Å². The van der Waals surface area contributed by atoms with Crippen molar-refractivity contribution in [3.05, 3.63) is 42.1 Å². The van der Waals surface area contributed by atoms with Crippen molar-refractivity contribution in [1.82, 2.24) is 9.97 Å². The van der Waals surface area contributed by atoms with Gasteiger partial charge in [0.15, 0.2) is 0 Å². The van der Waals surface area contributed by atoms with E-state index in [0.717, 1.165) is 18.9 Å². The highest BCUT2D eigenvalue weighted by Crippen LogP contribution is 2.22. The topological polar surface area (TPSA) is 67.3 Å². The molecule has 1 fully saturated rings. The first-order valence-corrected chi connectivity index (χ1v) is 7.80. The van der Waals surface area contributed by atoms with E-state index in [0.29, 0.717) is 17.2 Å². The van der Waals surface area contributed by atoms with Crippen LogP contribution in [0.25, 0.3) is 0 Å². The maximum absolute atomic E-state index is 11.8. The monoisotopic (exact) mass is 312 g/mol. The molecule has 3 rings (SSSR count). The third-order valence-corrected chi connectivity index (χ3v) is 3.90. The quantitative estimate of drug-likeness (QED) is 0.875. The lowest BCUT2D eigenvalue weighted by Gasteiger charge is -2.27. The van der Waals surface area contributed by atoms with Crippen LogP contribution in [0.1, 0.15) is 29.6 Å². The summed E-state index contributed by atoms with van der Waals surface area (Å²) in [7, 11) is 1.37. The summed E-state index contributed by atoms with van der Waals surface area (Å²) in [6, 6.07) is 9.08. The molecule has 120 valence electrons. The number of hydrogen-bond acceptors (Lipinski definition) is 6. The molecule has 0 unspecified atom stereocenters. The molecule has 0 atom stereocenters. The van der Waals surface area contributed by atoms with Crippen LogP contribution in [0.2, 0.25) is 0 Å². The number of methoxy groups -OCH3 is 1. The fraction of sp³-hybridized carbons (Fsp3) is 0.353. The van der Waals surface area contributed by atoms with Gasteiger partial charge in [-0.15, -0.1) is 0 Å². The van der Waals surface area contributed by atoms with Gasteiger partial charge in [0.2, 0.25) is 5.95 Å². The lowest BCUT2D eigenvalue weighted by Crippen LogP contribution is -2.30. The van der Waals surface area contributed by atoms with Crippen LogP contribution in [-0.4, -0.2) is 36.1 Å². The van der Waals surface area contributed by atoms with Gasteiger partial charge in [-0.1, -0.05) is 12.1 Å². The molecule has 1 aromatic heterocycles. The van der Waals surface area contributed by atoms with Crippen molar-refractivity contribution in [3.8, 4) is 0 Å². The van der Waals surface area contributed by atoms with Gasteiger partial charge in [-0.25, -0.2) is 9.78 Å². The SMILES string of the molecule is COC(=O)c1ccccc1Nc1nccc(N2CCCCC2)n1. The van der Waals surface area contributed by atoms with E-state index in [9.17, 15) is 4.79 Å². The second-order valence-corrected chi connectivity index (χ2v) is 5.45. The van der Waals surface area contributed by atoms with Crippen LogP contribution >= 0.6 is 0 Å². The Labute approximate surface area is 135 Å². The first-order chi connectivity index (χ1) is 11.3. The van der Waals surface area contributed by atoms with Gasteiger partial charge in [0.05, 0.1) is 18.4 Å². The molecule has 1 N–H and O–H groups in total. The second kappa shape index (κ2) is 7.09. The molecule has 6 heteroatoms. The van der Waals surface area contributed by atoms with E-state index >= 15 is 0 Å². The Hall–Kier alpha value is -2.63. The van der Waals surface area contributed by atoms with E-state index in [-0.39, 0.29) is 5.97 Å². The Morgan fingerprint density at radius 3 is 2.74 bits per heavy atom. The Balaban J connectivity index is 1.82. The molecule has 1 aliphatic heterocycles. The van der Waals surface area contributed by atoms with Gasteiger partial charge < -0.3 is 15.0 Å². The Morgan fingerprint density at radius 2 is 1.96 bits per heavy atom. The van der Waals surface area contributed by atoms with E-state index in [2.05, 4.69) is 20.2 Å². The van der Waals surface area contributed by atoms with Crippen molar-refractivity contribution in [2.45, 2.75) is 19.3 Å². The van der Waals surface area contributed by atoms with Gasteiger partial charge in [0.25, 0.3) is 0 Å². The fourth-order valence-electron chi connectivity index (χ4n) is 2.71. The zero-order chi connectivity index (χ0) is 16.1. The van der Waals surface area contributed by atoms with Gasteiger partial charge in [-0.2, -0.15) is 4.98 Å². The summed E-state index contributed by atoms with van der Waals surface area (Å²) in [6.07, 6.45) is 5.40. The number of carbonyl (C=O) groups excluding carboxylic acids is 1. The highest BCUT2D eigenvalue weighted by molar-refractivity contribution is 5.96. The number of esters is 1. The van der Waals surface area contributed by atoms with Crippen LogP contribution in [0.15, 0.2) is 36.5 Å². The van der Waals surface area contributed by atoms with Crippen molar-refractivity contribution < 1.29 is 9.53 Å². The van der Waals surface area contributed by atoms with Gasteiger partial charge >= 0.3 is 5.97 Å². The minimum atomic E-state index is -0.389. The minimum Gasteiger partial charge on any atom is -0.465 e. The van der Waals surface area contributed by atoms with Gasteiger partial charge in [-0.3, -0.25) is 0 Å². The number of nitrogens with one attached hydrogen (secondary N) is 1. The first-order valence-electron chi connectivity index (χ1n) is 7.80. The Bertz CT molecular complexity index is 684. The van der Waals surface area contributed by atoms with E-state index in [1.807, 2.05) is 18.2 Å². The van der Waals surface area contributed by atoms with Crippen LogP contribution in [0, 0.1) is 0 Å². The predicted molar refractivity (Wildman–Crippen MR) is 89.2 cm³/mol. The van der Waals surface area contributed by atoms with E-state index in [4.69, 9.17) is 4.74 Å². The molecule has 1 aromatic carbocycles. The number of benzene rings is 1. The Morgan fingerprint density at radius 1 is 1.17 bits per heavy atom. The van der Waals surface area contributed by atoms with Crippen LogP contribution in [0.5, 0.6) is 0 Å². The summed E-state index contributed by atoms with van der Waals surface area (Å²) < 4.78 is 4.81. The highest BCUT2D eigenvalue weighted by Gasteiger charge is 2.15. The molecule has 0 bridgehead atoms. The number of piperidine rings is 1. The molecular weight excluding hydrogens is 292 g/mol. The number of anilines is 3. The molecule has 2 aromatic rings. The minimum absolute atomic E-state index is 0.389. The number of hydrogen-bond donors (Lipinski definition) is 1. The molecule has 1 saturated heterocycles. The first kappa shape index (κ1) is 15.3. The molecule has 0 radical (unpaired) electrons. The summed E-state index contributed by atoms with van der Waals surface area (Å²) in [4.78, 5) is 22.9. The molecule has 23 heavy (non-hydrogen) atoms. The molecule has 0 saturated carbocycles. The summed E-state index contributed by atoms with van der Waals surface area (Å²) in [5.74, 6) is 1.00. The number of nitrogens with zero attached hydrogens (tertiary/aromatic N) is 3. The van der Waals surface area contributed by atoms with E-state index in [1.54, 1.807) is 18.3 Å². The average molecular weight is 312 g/mol. The second-order valence-electron chi connectivity index (χ2n) is 5.45. The zero-order valence-corrected chi connectivity index (χ0v) is 13.2. The number of para-hydroxylation sites is 1. The van der Waals surface area contributed by atoms with Gasteiger partial charge in [0.1, 0.15) is 5.82 Å². The van der Waals surface area contributed by atoms with Crippen LogP contribution in [0.3, 0.4) is 0 Å². The lowest BCUT2D eigenvalue weighted by molar-refractivity contribution is 0.0602. The normalized spacial score (nSPS) is 14.4. The van der Waals surface area contributed by atoms with Crippen molar-refractivity contribution in [1.29, 1.82) is 0 Å². The molecule has 0 amide bonds. The Kier molecular flexibility index (Phi) is 4.71. The standard InChI is InChI=1S/C17H20N4O2/c1-23-16(22)13-7-3-4-8-14(13)19-17-18-10-9-15(20-17)21-11-5-2-6-12-21/h3-4,7-10H,2,5-6,11-12H2,1H3,(H,18,19,20). The number of aromatic nitrogens is 2. The van der Waals surface area contributed by atoms with E-state index in [1.165, 1.54) is 26.4 Å². The van der Waals surface area contributed by atoms with Crippen molar-refractivity contribution in [2.24, 2.45) is 0 Å². The van der Waals surface area contributed by atoms with Crippen LogP contribution < -0.4 is 10.2 Å². The summed E-state index contributed by atoms with van der Waals surface area (Å²) in [5.41, 5.74) is 1.09. The molecule has 2 heterocycles. The number of carbonyl (C=O) groups is 1. The van der Waals surface area contributed by atoms with Crippen molar-refractivity contribution >= 4 is 23.4 Å². The predicted octanol–water partition coefficient (Wildman–Crippen LogP) is 3.00. The molecular formula is C17H20N4O2. The fourth-order valence-corrected chi connectivity index (χ4v) is 2.71. The van der Waals surface area contributed by atoms with Crippen molar-refractivity contribution in [2.75, 3.05) is 30.4 Å². The molecule has 0 spiro atoms. The lowest BCUT2D eigenvalue weighted by atomic mass is 10.1. The van der Waals surface area contributed by atoms with Crippen molar-refractivity contribution in [3.63, 3.8) is 0 Å². The maximum atomic E-state index is 11.8. The summed E-state index contributed by atoms with van der Waals surface area (Å²) >= 11 is 0. The average Bonchev–Trinajstić information content (AvgIpc) is 2.62. The van der Waals surface area contributed by atoms with Crippen LogP contribution in [-0.2, 0) is 4.74 Å². The third-order valence-electron chi connectivity index (χ3n) is 3.90. The summed E-state index contributed by atoms with van der Waals surface area (Å²) in [6.45, 7) is 2.05. The number of rotatable bonds is 4. The zero-order valence-electron chi connectivity index (χ0n) is 13.2. The largest absolute Gasteiger partial charge is 0.465 e. The molecule has 6 nitrogen and oxygen atoms in total. The maximum Gasteiger partial charge on any atom is 0.339 e. The molecule has 1 aliphatic rings. The summed E-state index contributed by atoms with van der Waals surface area (Å²) in [5, 5.41) is 3.12. The molecule has 0 aliphatic carbocycles. The highest BCUT2D eigenvalue weighted by atomic mass is 16.5. The third kappa shape index (κ3) is 3.59. The van der Waals surface area contributed by atoms with E-state index < -0.39 is 0 Å². The number of ether oxygens (including phenoxy) is 1.